The Bertz CT molecular complexity index is 996. The van der Waals surface area contributed by atoms with Gasteiger partial charge in [-0.05, 0) is 37.1 Å². The van der Waals surface area contributed by atoms with E-state index in [-0.39, 0.29) is 24.5 Å². The van der Waals surface area contributed by atoms with Crippen LogP contribution in [-0.2, 0) is 0 Å². The first kappa shape index (κ1) is 20.7. The third-order valence-corrected chi connectivity index (χ3v) is 6.06. The lowest BCUT2D eigenvalue weighted by atomic mass is 9.91. The van der Waals surface area contributed by atoms with Crippen LogP contribution in [0, 0.1) is 0 Å². The van der Waals surface area contributed by atoms with Gasteiger partial charge in [-0.15, -0.1) is 11.3 Å². The molecular weight excluding hydrogens is 417 g/mol. The molecule has 7 nitrogen and oxygen atoms in total. The summed E-state index contributed by atoms with van der Waals surface area (Å²) in [6.45, 7) is -0.0699. The zero-order chi connectivity index (χ0) is 21.1. The highest BCUT2D eigenvalue weighted by Gasteiger charge is 2.28. The first-order valence-electron chi connectivity index (χ1n) is 9.73. The Balaban J connectivity index is 1.38. The van der Waals surface area contributed by atoms with E-state index in [9.17, 15) is 18.0 Å². The van der Waals surface area contributed by atoms with Gasteiger partial charge in [-0.1, -0.05) is 0 Å². The molecule has 0 spiro atoms. The van der Waals surface area contributed by atoms with Crippen LogP contribution in [0.2, 0.25) is 0 Å². The van der Waals surface area contributed by atoms with E-state index in [1.54, 1.807) is 23.3 Å². The first-order chi connectivity index (χ1) is 14.4. The van der Waals surface area contributed by atoms with Gasteiger partial charge in [0.15, 0.2) is 5.69 Å². The van der Waals surface area contributed by atoms with Crippen LogP contribution < -0.4 is 10.6 Å². The monoisotopic (exact) mass is 438 g/mol. The summed E-state index contributed by atoms with van der Waals surface area (Å²) in [5, 5.41) is 7.87. The fraction of sp³-hybridized carbons (Fsp3) is 0.474. The Labute approximate surface area is 174 Å². The zero-order valence-corrected chi connectivity index (χ0v) is 16.8. The molecule has 1 fully saturated rings. The number of halogens is 3. The molecule has 1 amide bonds. The molecule has 1 aliphatic carbocycles. The Morgan fingerprint density at radius 3 is 2.67 bits per heavy atom. The topological polar surface area (TPSA) is 84.7 Å². The molecule has 3 aromatic rings. The molecule has 2 N–H and O–H groups in total. The zero-order valence-electron chi connectivity index (χ0n) is 16.0. The number of hydrogen-bond donors (Lipinski definition) is 2. The van der Waals surface area contributed by atoms with Gasteiger partial charge in [-0.25, -0.2) is 15.0 Å². The third kappa shape index (κ3) is 4.96. The van der Waals surface area contributed by atoms with Crippen molar-refractivity contribution in [2.45, 2.75) is 50.4 Å². The summed E-state index contributed by atoms with van der Waals surface area (Å²) < 4.78 is 39.2. The van der Waals surface area contributed by atoms with Crippen LogP contribution in [0.15, 0.2) is 30.2 Å². The minimum atomic E-state index is -4.14. The summed E-state index contributed by atoms with van der Waals surface area (Å²) in [4.78, 5) is 25.9. The van der Waals surface area contributed by atoms with E-state index in [0.29, 0.717) is 30.0 Å². The van der Waals surface area contributed by atoms with E-state index >= 15 is 0 Å². The van der Waals surface area contributed by atoms with Crippen molar-refractivity contribution in [1.29, 1.82) is 0 Å². The number of alkyl halides is 3. The molecule has 4 rings (SSSR count). The van der Waals surface area contributed by atoms with Crippen LogP contribution in [0.25, 0.3) is 16.2 Å². The molecule has 0 radical (unpaired) electrons. The van der Waals surface area contributed by atoms with Gasteiger partial charge in [0.1, 0.15) is 6.33 Å². The van der Waals surface area contributed by atoms with E-state index < -0.39 is 12.6 Å². The molecule has 0 saturated heterocycles. The number of nitrogens with zero attached hydrogens (tertiary/aromatic N) is 4. The van der Waals surface area contributed by atoms with Gasteiger partial charge in [0.2, 0.25) is 5.95 Å². The molecular formula is C19H21F3N6OS. The quantitative estimate of drug-likeness (QED) is 0.616. The second kappa shape index (κ2) is 8.68. The first-order valence-corrected chi connectivity index (χ1v) is 10.6. The van der Waals surface area contributed by atoms with E-state index in [1.807, 2.05) is 11.4 Å². The number of carbonyl (C=O) groups excluding carboxylic acids is 1. The number of nitrogens with one attached hydrogen (secondary N) is 2. The van der Waals surface area contributed by atoms with Crippen molar-refractivity contribution in [3.05, 3.63) is 35.9 Å². The van der Waals surface area contributed by atoms with Crippen LogP contribution >= 0.6 is 11.3 Å². The maximum atomic E-state index is 13.0. The lowest BCUT2D eigenvalue weighted by Crippen LogP contribution is -2.43. The number of rotatable bonds is 6. The van der Waals surface area contributed by atoms with E-state index in [1.165, 1.54) is 11.3 Å². The Hall–Kier alpha value is -2.53. The fourth-order valence-electron chi connectivity index (χ4n) is 3.61. The van der Waals surface area contributed by atoms with Crippen molar-refractivity contribution in [1.82, 2.24) is 30.2 Å². The molecule has 0 aliphatic heterocycles. The van der Waals surface area contributed by atoms with Crippen molar-refractivity contribution in [3.63, 3.8) is 0 Å². The maximum Gasteiger partial charge on any atom is 0.390 e. The molecule has 3 heterocycles. The minimum Gasteiger partial charge on any atom is -0.348 e. The Kier molecular flexibility index (Phi) is 6.00. The highest BCUT2D eigenvalue weighted by atomic mass is 32.1. The molecule has 1 saturated carbocycles. The van der Waals surface area contributed by atoms with Crippen molar-refractivity contribution in [2.24, 2.45) is 0 Å². The summed E-state index contributed by atoms with van der Waals surface area (Å²) in [5.41, 5.74) is 1.02. The molecule has 160 valence electrons. The van der Waals surface area contributed by atoms with Gasteiger partial charge < -0.3 is 10.6 Å². The van der Waals surface area contributed by atoms with Crippen LogP contribution in [0.5, 0.6) is 0 Å². The molecule has 3 aromatic heterocycles. The molecule has 1 aliphatic rings. The number of hydrogen-bond acceptors (Lipinski definition) is 6. The Morgan fingerprint density at radius 2 is 1.97 bits per heavy atom. The van der Waals surface area contributed by atoms with Crippen LogP contribution in [-0.4, -0.2) is 50.2 Å². The highest BCUT2D eigenvalue weighted by molar-refractivity contribution is 7.17. The number of imidazole rings is 1. The fourth-order valence-corrected chi connectivity index (χ4v) is 4.43. The minimum absolute atomic E-state index is 0.0279. The van der Waals surface area contributed by atoms with E-state index in [2.05, 4.69) is 25.6 Å². The number of amides is 1. The van der Waals surface area contributed by atoms with Gasteiger partial charge in [0.05, 0.1) is 16.6 Å². The van der Waals surface area contributed by atoms with Gasteiger partial charge >= 0.3 is 6.18 Å². The summed E-state index contributed by atoms with van der Waals surface area (Å²) in [6, 6.07) is 1.87. The lowest BCUT2D eigenvalue weighted by molar-refractivity contribution is -0.133. The van der Waals surface area contributed by atoms with Crippen LogP contribution in [0.1, 0.15) is 42.6 Å². The summed E-state index contributed by atoms with van der Waals surface area (Å²) in [5.74, 6) is 0.112. The summed E-state index contributed by atoms with van der Waals surface area (Å²) in [6.07, 6.45) is 2.80. The van der Waals surface area contributed by atoms with Crippen LogP contribution in [0.3, 0.4) is 0 Å². The largest absolute Gasteiger partial charge is 0.390 e. The number of carbonyl (C=O) groups is 1. The summed E-state index contributed by atoms with van der Waals surface area (Å²) >= 11 is 1.41. The highest BCUT2D eigenvalue weighted by Crippen LogP contribution is 2.25. The molecule has 0 aromatic carbocycles. The van der Waals surface area contributed by atoms with Gasteiger partial charge in [0, 0.05) is 31.0 Å². The predicted molar refractivity (Wildman–Crippen MR) is 107 cm³/mol. The molecule has 0 atom stereocenters. The standard InChI is InChI=1S/C19H21F3N6OS/c20-19(21,22)6-7-24-12-1-3-13(4-2-12)25-17(29)15-16-14(5-10-30-16)26-18(27-15)28-9-8-23-11-28/h5,8-13,24H,1-4,6-7H2,(H,25,29). The van der Waals surface area contributed by atoms with Gasteiger partial charge in [0.25, 0.3) is 5.91 Å². The lowest BCUT2D eigenvalue weighted by Gasteiger charge is -2.29. The molecule has 0 bridgehead atoms. The van der Waals surface area contributed by atoms with Gasteiger partial charge in [-0.2, -0.15) is 13.2 Å². The van der Waals surface area contributed by atoms with Gasteiger partial charge in [-0.3, -0.25) is 9.36 Å². The van der Waals surface area contributed by atoms with Crippen molar-refractivity contribution in [2.75, 3.05) is 6.54 Å². The number of thiophene rings is 1. The molecule has 0 unspecified atom stereocenters. The van der Waals surface area contributed by atoms with E-state index in [0.717, 1.165) is 17.5 Å². The Morgan fingerprint density at radius 1 is 1.20 bits per heavy atom. The second-order valence-electron chi connectivity index (χ2n) is 7.32. The van der Waals surface area contributed by atoms with E-state index in [4.69, 9.17) is 0 Å². The summed E-state index contributed by atoms with van der Waals surface area (Å²) in [7, 11) is 0. The van der Waals surface area contributed by atoms with Crippen LogP contribution in [0.4, 0.5) is 13.2 Å². The predicted octanol–water partition coefficient (Wildman–Crippen LogP) is 3.46. The number of aromatic nitrogens is 4. The SMILES string of the molecule is O=C(NC1CCC(NCCC(F)(F)F)CC1)c1nc(-n2ccnc2)nc2ccsc12. The smallest absolute Gasteiger partial charge is 0.348 e. The molecule has 30 heavy (non-hydrogen) atoms. The average molecular weight is 438 g/mol. The third-order valence-electron chi connectivity index (χ3n) is 5.15. The van der Waals surface area contributed by atoms with Crippen molar-refractivity contribution < 1.29 is 18.0 Å². The van der Waals surface area contributed by atoms with Crippen molar-refractivity contribution in [3.8, 4) is 5.95 Å². The van der Waals surface area contributed by atoms with Crippen molar-refractivity contribution >= 4 is 27.5 Å². The molecule has 11 heteroatoms. The number of fused-ring (bicyclic) bond motifs is 1. The average Bonchev–Trinajstić information content (AvgIpc) is 3.39. The maximum absolute atomic E-state index is 13.0. The normalized spacial score (nSPS) is 19.8. The second-order valence-corrected chi connectivity index (χ2v) is 8.23.